The van der Waals surface area contributed by atoms with Crippen molar-refractivity contribution < 1.29 is 9.59 Å². The third-order valence-corrected chi connectivity index (χ3v) is 4.53. The zero-order chi connectivity index (χ0) is 20.0. The second kappa shape index (κ2) is 9.05. The second-order valence-electron chi connectivity index (χ2n) is 7.69. The number of carbonyl (C=O) groups is 2. The van der Waals surface area contributed by atoms with Gasteiger partial charge in [0, 0.05) is 17.1 Å². The van der Waals surface area contributed by atoms with Crippen molar-refractivity contribution in [2.75, 3.05) is 0 Å². The maximum Gasteiger partial charge on any atom is 0.242 e. The molecule has 0 fully saturated rings. The summed E-state index contributed by atoms with van der Waals surface area (Å²) in [5, 5.41) is 3.53. The van der Waals surface area contributed by atoms with Gasteiger partial charge in [-0.25, -0.2) is 0 Å². The van der Waals surface area contributed by atoms with Crippen molar-refractivity contribution in [3.63, 3.8) is 0 Å². The maximum absolute atomic E-state index is 13.0. The molecule has 1 atom stereocenters. The molecule has 2 amide bonds. The zero-order valence-corrected chi connectivity index (χ0v) is 17.1. The molecule has 27 heavy (non-hydrogen) atoms. The molecule has 0 aromatic heterocycles. The number of halogens is 1. The van der Waals surface area contributed by atoms with Crippen LogP contribution in [0.1, 0.15) is 38.8 Å². The molecule has 5 heteroatoms. The Hall–Kier alpha value is -2.33. The number of hydrogen-bond donors (Lipinski definition) is 1. The van der Waals surface area contributed by atoms with Gasteiger partial charge in [0.15, 0.2) is 0 Å². The fourth-order valence-electron chi connectivity index (χ4n) is 2.74. The molecule has 0 saturated heterocycles. The van der Waals surface area contributed by atoms with Crippen LogP contribution in [-0.4, -0.2) is 28.3 Å². The summed E-state index contributed by atoms with van der Waals surface area (Å²) < 4.78 is 0. The first-order valence-electron chi connectivity index (χ1n) is 9.06. The number of nitrogens with zero attached hydrogens (tertiary/aromatic N) is 1. The largest absolute Gasteiger partial charge is 0.350 e. The van der Waals surface area contributed by atoms with Crippen molar-refractivity contribution in [3.05, 3.63) is 70.7 Å². The molecule has 0 aliphatic rings. The summed E-state index contributed by atoms with van der Waals surface area (Å²) >= 11 is 6.29. The van der Waals surface area contributed by atoms with Crippen LogP contribution in [0.5, 0.6) is 0 Å². The maximum atomic E-state index is 13.0. The lowest BCUT2D eigenvalue weighted by Crippen LogP contribution is -2.52. The van der Waals surface area contributed by atoms with Crippen LogP contribution >= 0.6 is 11.6 Å². The fourth-order valence-corrected chi connectivity index (χ4v) is 2.93. The van der Waals surface area contributed by atoms with Gasteiger partial charge in [0.1, 0.15) is 6.04 Å². The van der Waals surface area contributed by atoms with E-state index in [9.17, 15) is 9.59 Å². The molecule has 1 unspecified atom stereocenters. The average molecular weight is 387 g/mol. The highest BCUT2D eigenvalue weighted by molar-refractivity contribution is 6.31. The molecule has 2 aromatic rings. The molecule has 2 rings (SSSR count). The molecule has 0 radical (unpaired) electrons. The quantitative estimate of drug-likeness (QED) is 0.808. The van der Waals surface area contributed by atoms with Gasteiger partial charge in [-0.15, -0.1) is 0 Å². The van der Waals surface area contributed by atoms with Crippen molar-refractivity contribution in [1.29, 1.82) is 0 Å². The number of rotatable bonds is 6. The predicted octanol–water partition coefficient (Wildman–Crippen LogP) is 4.21. The Morgan fingerprint density at radius 3 is 2.22 bits per heavy atom. The Balaban J connectivity index is 2.25. The number of nitrogens with one attached hydrogen (secondary N) is 1. The zero-order valence-electron chi connectivity index (χ0n) is 16.3. The van der Waals surface area contributed by atoms with Gasteiger partial charge >= 0.3 is 0 Å². The van der Waals surface area contributed by atoms with Gasteiger partial charge in [0.05, 0.1) is 6.42 Å². The lowest BCUT2D eigenvalue weighted by Gasteiger charge is -2.31. The van der Waals surface area contributed by atoms with Crippen LogP contribution < -0.4 is 5.32 Å². The molecule has 0 heterocycles. The Bertz CT molecular complexity index is 784. The van der Waals surface area contributed by atoms with E-state index in [4.69, 9.17) is 11.6 Å². The van der Waals surface area contributed by atoms with E-state index in [2.05, 4.69) is 5.32 Å². The van der Waals surface area contributed by atoms with E-state index in [1.807, 2.05) is 69.3 Å². The predicted molar refractivity (Wildman–Crippen MR) is 110 cm³/mol. The van der Waals surface area contributed by atoms with E-state index in [1.165, 1.54) is 0 Å². The summed E-state index contributed by atoms with van der Waals surface area (Å²) in [5.41, 5.74) is 1.36. The van der Waals surface area contributed by atoms with Crippen molar-refractivity contribution >= 4 is 23.4 Å². The van der Waals surface area contributed by atoms with Crippen LogP contribution in [0.25, 0.3) is 0 Å². The molecular formula is C22H27ClN2O2. The van der Waals surface area contributed by atoms with Crippen LogP contribution in [-0.2, 0) is 22.6 Å². The molecule has 0 aliphatic heterocycles. The summed E-state index contributed by atoms with van der Waals surface area (Å²) in [6, 6.07) is 16.3. The number of hydrogen-bond acceptors (Lipinski definition) is 2. The van der Waals surface area contributed by atoms with Crippen LogP contribution in [0, 0.1) is 0 Å². The Labute approximate surface area is 166 Å². The first-order valence-corrected chi connectivity index (χ1v) is 9.44. The van der Waals surface area contributed by atoms with Crippen LogP contribution in [0.2, 0.25) is 5.02 Å². The highest BCUT2D eigenvalue weighted by Crippen LogP contribution is 2.19. The fraction of sp³-hybridized carbons (Fsp3) is 0.364. The highest BCUT2D eigenvalue weighted by Gasteiger charge is 2.28. The minimum atomic E-state index is -0.614. The SMILES string of the molecule is CC(C(=O)NC(C)(C)C)N(Cc1ccccc1Cl)C(=O)Cc1ccccc1. The molecule has 1 N–H and O–H groups in total. The number of benzene rings is 2. The van der Waals surface area contributed by atoms with E-state index >= 15 is 0 Å². The van der Waals surface area contributed by atoms with Gasteiger partial charge in [-0.3, -0.25) is 9.59 Å². The summed E-state index contributed by atoms with van der Waals surface area (Å²) in [5.74, 6) is -0.298. The molecule has 2 aromatic carbocycles. The normalized spacial score (nSPS) is 12.3. The minimum absolute atomic E-state index is 0.113. The van der Waals surface area contributed by atoms with Crippen LogP contribution in [0.3, 0.4) is 0 Å². The summed E-state index contributed by atoms with van der Waals surface area (Å²) in [6.07, 6.45) is 0.235. The van der Waals surface area contributed by atoms with Crippen molar-refractivity contribution in [2.45, 2.75) is 52.2 Å². The van der Waals surface area contributed by atoms with Crippen LogP contribution in [0.15, 0.2) is 54.6 Å². The van der Waals surface area contributed by atoms with Crippen molar-refractivity contribution in [2.24, 2.45) is 0 Å². The molecule has 144 valence electrons. The van der Waals surface area contributed by atoms with Gasteiger partial charge in [-0.05, 0) is 44.9 Å². The highest BCUT2D eigenvalue weighted by atomic mass is 35.5. The van der Waals surface area contributed by atoms with E-state index < -0.39 is 6.04 Å². The number of carbonyl (C=O) groups excluding carboxylic acids is 2. The second-order valence-corrected chi connectivity index (χ2v) is 8.10. The van der Waals surface area contributed by atoms with Gasteiger partial charge < -0.3 is 10.2 Å². The lowest BCUT2D eigenvalue weighted by atomic mass is 10.1. The Morgan fingerprint density at radius 2 is 1.63 bits per heavy atom. The van der Waals surface area contributed by atoms with Crippen molar-refractivity contribution in [3.8, 4) is 0 Å². The number of amides is 2. The summed E-state index contributed by atoms with van der Waals surface area (Å²) in [6.45, 7) is 7.79. The lowest BCUT2D eigenvalue weighted by molar-refractivity contribution is -0.140. The molecule has 4 nitrogen and oxygen atoms in total. The first kappa shape index (κ1) is 21.0. The standard InChI is InChI=1S/C22H27ClN2O2/c1-16(21(27)24-22(2,3)4)25(15-18-12-8-9-13-19(18)23)20(26)14-17-10-6-5-7-11-17/h5-13,16H,14-15H2,1-4H3,(H,24,27). The van der Waals surface area contributed by atoms with Gasteiger partial charge in [-0.1, -0.05) is 60.1 Å². The summed E-state index contributed by atoms with van der Waals surface area (Å²) in [7, 11) is 0. The first-order chi connectivity index (χ1) is 12.7. The van der Waals surface area contributed by atoms with E-state index in [0.717, 1.165) is 11.1 Å². The molecule has 0 saturated carbocycles. The minimum Gasteiger partial charge on any atom is -0.350 e. The van der Waals surface area contributed by atoms with E-state index in [-0.39, 0.29) is 30.3 Å². The van der Waals surface area contributed by atoms with Gasteiger partial charge in [0.25, 0.3) is 0 Å². The smallest absolute Gasteiger partial charge is 0.242 e. The monoisotopic (exact) mass is 386 g/mol. The third-order valence-electron chi connectivity index (χ3n) is 4.16. The third kappa shape index (κ3) is 6.40. The van der Waals surface area contributed by atoms with Gasteiger partial charge in [-0.2, -0.15) is 0 Å². The molecule has 0 aliphatic carbocycles. The molecule has 0 bridgehead atoms. The van der Waals surface area contributed by atoms with Crippen molar-refractivity contribution in [1.82, 2.24) is 10.2 Å². The average Bonchev–Trinajstić information content (AvgIpc) is 2.59. The van der Waals surface area contributed by atoms with Crippen LogP contribution in [0.4, 0.5) is 0 Å². The Kier molecular flexibility index (Phi) is 7.03. The van der Waals surface area contributed by atoms with E-state index in [0.29, 0.717) is 5.02 Å². The summed E-state index contributed by atoms with van der Waals surface area (Å²) in [4.78, 5) is 27.3. The van der Waals surface area contributed by atoms with Gasteiger partial charge in [0.2, 0.25) is 11.8 Å². The molecule has 0 spiro atoms. The Morgan fingerprint density at radius 1 is 1.04 bits per heavy atom. The molecular weight excluding hydrogens is 360 g/mol. The topological polar surface area (TPSA) is 49.4 Å². The van der Waals surface area contributed by atoms with E-state index in [1.54, 1.807) is 17.9 Å².